The zero-order chi connectivity index (χ0) is 23.3. The van der Waals surface area contributed by atoms with E-state index in [1.54, 1.807) is 36.4 Å². The average molecular weight is 452 g/mol. The van der Waals surface area contributed by atoms with Crippen LogP contribution in [0.1, 0.15) is 11.3 Å². The summed E-state index contributed by atoms with van der Waals surface area (Å²) in [6.45, 7) is 0. The van der Waals surface area contributed by atoms with Gasteiger partial charge in [0.15, 0.2) is 5.82 Å². The minimum absolute atomic E-state index is 0.106. The van der Waals surface area contributed by atoms with Crippen molar-refractivity contribution in [2.24, 2.45) is 5.10 Å². The number of benzene rings is 2. The summed E-state index contributed by atoms with van der Waals surface area (Å²) in [5.41, 5.74) is 3.90. The summed E-state index contributed by atoms with van der Waals surface area (Å²) < 4.78 is 52.6. The number of halogens is 4. The number of nitrogens with one attached hydrogen (secondary N) is 2. The van der Waals surface area contributed by atoms with Gasteiger partial charge in [-0.25, -0.2) is 19.8 Å². The number of hydrazone groups is 1. The molecule has 0 saturated carbocycles. The van der Waals surface area contributed by atoms with E-state index >= 15 is 0 Å². The maximum Gasteiger partial charge on any atom is 0.416 e. The predicted octanol–water partition coefficient (Wildman–Crippen LogP) is 5.89. The summed E-state index contributed by atoms with van der Waals surface area (Å²) in [5, 5.41) is 6.87. The molecule has 0 bridgehead atoms. The molecule has 0 aliphatic carbocycles. The van der Waals surface area contributed by atoms with Gasteiger partial charge in [-0.3, -0.25) is 4.98 Å². The zero-order valence-electron chi connectivity index (χ0n) is 16.9. The Bertz CT molecular complexity index is 1260. The van der Waals surface area contributed by atoms with E-state index in [0.29, 0.717) is 16.9 Å². The van der Waals surface area contributed by atoms with Crippen molar-refractivity contribution in [3.05, 3.63) is 96.2 Å². The van der Waals surface area contributed by atoms with Crippen LogP contribution in [0.2, 0.25) is 0 Å². The van der Waals surface area contributed by atoms with E-state index in [4.69, 9.17) is 0 Å². The normalized spacial score (nSPS) is 11.5. The number of aromatic nitrogens is 3. The van der Waals surface area contributed by atoms with Gasteiger partial charge < -0.3 is 5.32 Å². The lowest BCUT2D eigenvalue weighted by atomic mass is 10.1. The minimum Gasteiger partial charge on any atom is -0.354 e. The molecular weight excluding hydrogens is 436 g/mol. The van der Waals surface area contributed by atoms with Gasteiger partial charge in [0.2, 0.25) is 5.95 Å². The molecule has 2 aromatic heterocycles. The Morgan fingerprint density at radius 1 is 0.848 bits per heavy atom. The Morgan fingerprint density at radius 2 is 1.67 bits per heavy atom. The summed E-state index contributed by atoms with van der Waals surface area (Å²) >= 11 is 0. The number of hydrogen-bond acceptors (Lipinski definition) is 6. The number of pyridine rings is 1. The molecule has 0 aliphatic rings. The molecule has 0 radical (unpaired) electrons. The fraction of sp³-hybridized carbons (Fsp3) is 0.0435. The highest BCUT2D eigenvalue weighted by molar-refractivity contribution is 5.78. The molecule has 0 fully saturated rings. The Morgan fingerprint density at radius 3 is 2.39 bits per heavy atom. The summed E-state index contributed by atoms with van der Waals surface area (Å²) in [6.07, 6.45) is -0.495. The number of nitrogens with zero attached hydrogens (tertiary/aromatic N) is 4. The second-order valence-corrected chi connectivity index (χ2v) is 6.80. The maximum atomic E-state index is 14.1. The third-order valence-electron chi connectivity index (χ3n) is 4.42. The summed E-state index contributed by atoms with van der Waals surface area (Å²) in [4.78, 5) is 12.2. The third-order valence-corrected chi connectivity index (χ3v) is 4.42. The Balaban J connectivity index is 1.40. The van der Waals surface area contributed by atoms with Crippen molar-refractivity contribution in [1.29, 1.82) is 0 Å². The quantitative estimate of drug-likeness (QED) is 0.217. The van der Waals surface area contributed by atoms with Crippen LogP contribution in [0.4, 0.5) is 34.9 Å². The van der Waals surface area contributed by atoms with E-state index < -0.39 is 17.6 Å². The molecule has 10 heteroatoms. The smallest absolute Gasteiger partial charge is 0.354 e. The van der Waals surface area contributed by atoms with Crippen LogP contribution in [0, 0.1) is 5.82 Å². The van der Waals surface area contributed by atoms with Crippen molar-refractivity contribution in [2.75, 3.05) is 10.7 Å². The van der Waals surface area contributed by atoms with E-state index in [-0.39, 0.29) is 17.3 Å². The van der Waals surface area contributed by atoms with Gasteiger partial charge in [-0.2, -0.15) is 18.3 Å². The minimum atomic E-state index is -4.42. The van der Waals surface area contributed by atoms with E-state index in [1.807, 2.05) is 6.07 Å². The predicted molar refractivity (Wildman–Crippen MR) is 118 cm³/mol. The van der Waals surface area contributed by atoms with Gasteiger partial charge in [0.25, 0.3) is 0 Å². The van der Waals surface area contributed by atoms with Crippen molar-refractivity contribution >= 4 is 23.5 Å². The molecule has 0 atom stereocenters. The van der Waals surface area contributed by atoms with E-state index in [0.717, 1.165) is 18.3 Å². The molecule has 0 aliphatic heterocycles. The first-order valence-corrected chi connectivity index (χ1v) is 9.66. The Kier molecular flexibility index (Phi) is 6.25. The molecule has 6 nitrogen and oxygen atoms in total. The molecule has 0 saturated heterocycles. The molecule has 166 valence electrons. The molecule has 33 heavy (non-hydrogen) atoms. The molecule has 2 heterocycles. The highest BCUT2D eigenvalue weighted by Gasteiger charge is 2.30. The fourth-order valence-corrected chi connectivity index (χ4v) is 2.87. The maximum absolute atomic E-state index is 14.1. The summed E-state index contributed by atoms with van der Waals surface area (Å²) in [5.74, 6) is -0.449. The summed E-state index contributed by atoms with van der Waals surface area (Å²) in [7, 11) is 0. The van der Waals surface area contributed by atoms with Crippen LogP contribution < -0.4 is 10.7 Å². The van der Waals surface area contributed by atoms with Crippen LogP contribution >= 0.6 is 0 Å². The first-order valence-electron chi connectivity index (χ1n) is 9.66. The largest absolute Gasteiger partial charge is 0.416 e. The van der Waals surface area contributed by atoms with E-state index in [9.17, 15) is 17.6 Å². The van der Waals surface area contributed by atoms with Crippen LogP contribution in [0.15, 0.2) is 84.2 Å². The second-order valence-electron chi connectivity index (χ2n) is 6.80. The topological polar surface area (TPSA) is 75.1 Å². The van der Waals surface area contributed by atoms with Crippen LogP contribution in [-0.2, 0) is 6.18 Å². The van der Waals surface area contributed by atoms with Crippen molar-refractivity contribution in [2.45, 2.75) is 6.18 Å². The molecule has 0 amide bonds. The van der Waals surface area contributed by atoms with Crippen molar-refractivity contribution < 1.29 is 17.6 Å². The molecule has 4 aromatic rings. The number of rotatable bonds is 6. The zero-order valence-corrected chi connectivity index (χ0v) is 16.9. The lowest BCUT2D eigenvalue weighted by Gasteiger charge is -2.10. The van der Waals surface area contributed by atoms with E-state index in [2.05, 4.69) is 30.8 Å². The van der Waals surface area contributed by atoms with Crippen molar-refractivity contribution in [3.63, 3.8) is 0 Å². The molecule has 4 rings (SSSR count). The van der Waals surface area contributed by atoms with E-state index in [1.165, 1.54) is 24.5 Å². The van der Waals surface area contributed by atoms with Gasteiger partial charge in [0.1, 0.15) is 5.69 Å². The fourth-order valence-electron chi connectivity index (χ4n) is 2.87. The van der Waals surface area contributed by atoms with Crippen LogP contribution in [-0.4, -0.2) is 21.2 Å². The number of hydrogen-bond donors (Lipinski definition) is 2. The summed E-state index contributed by atoms with van der Waals surface area (Å²) in [6, 6.07) is 17.0. The molecule has 0 unspecified atom stereocenters. The lowest BCUT2D eigenvalue weighted by Crippen LogP contribution is -2.05. The van der Waals surface area contributed by atoms with Crippen LogP contribution in [0.5, 0.6) is 0 Å². The third kappa shape index (κ3) is 5.67. The van der Waals surface area contributed by atoms with Crippen molar-refractivity contribution in [1.82, 2.24) is 15.0 Å². The van der Waals surface area contributed by atoms with Crippen LogP contribution in [0.3, 0.4) is 0 Å². The first-order chi connectivity index (χ1) is 15.9. The van der Waals surface area contributed by atoms with Gasteiger partial charge >= 0.3 is 6.18 Å². The Labute approximate surface area is 186 Å². The second kappa shape index (κ2) is 9.43. The highest BCUT2D eigenvalue weighted by atomic mass is 19.4. The van der Waals surface area contributed by atoms with Gasteiger partial charge in [-0.1, -0.05) is 36.4 Å². The standard InChI is InChI=1S/C23H16F4N6/c24-20-14-29-22(32-21(20)15-5-2-1-3-6-15)33-30-13-18-9-10-19(12-28-18)31-17-8-4-7-16(11-17)23(25,26)27/h1-14,31H,(H,29,32,33)/b30-13+. The van der Waals surface area contributed by atoms with Gasteiger partial charge in [-0.15, -0.1) is 0 Å². The van der Waals surface area contributed by atoms with Crippen LogP contribution in [0.25, 0.3) is 11.3 Å². The Hall–Kier alpha value is -4.34. The number of anilines is 3. The SMILES string of the molecule is Fc1cnc(N/N=C/c2ccc(Nc3cccc(C(F)(F)F)c3)cn2)nc1-c1ccccc1. The highest BCUT2D eigenvalue weighted by Crippen LogP contribution is 2.31. The lowest BCUT2D eigenvalue weighted by molar-refractivity contribution is -0.137. The molecule has 2 aromatic carbocycles. The monoisotopic (exact) mass is 452 g/mol. The molecule has 2 N–H and O–H groups in total. The van der Waals surface area contributed by atoms with Gasteiger partial charge in [-0.05, 0) is 30.3 Å². The van der Waals surface area contributed by atoms with Gasteiger partial charge in [0, 0.05) is 11.3 Å². The average Bonchev–Trinajstić information content (AvgIpc) is 2.81. The first kappa shape index (κ1) is 21.9. The molecule has 0 spiro atoms. The number of alkyl halides is 3. The van der Waals surface area contributed by atoms with Crippen molar-refractivity contribution in [3.8, 4) is 11.3 Å². The van der Waals surface area contributed by atoms with Gasteiger partial charge in [0.05, 0.1) is 35.6 Å². The molecular formula is C23H16F4N6.